The molecule has 1 aromatic rings. The van der Waals surface area contributed by atoms with E-state index in [0.717, 1.165) is 11.6 Å². The van der Waals surface area contributed by atoms with Crippen molar-refractivity contribution in [1.82, 2.24) is 15.2 Å². The lowest BCUT2D eigenvalue weighted by molar-refractivity contribution is 0.402. The molecule has 1 aromatic heterocycles. The fourth-order valence-corrected chi connectivity index (χ4v) is 1.48. The maximum atomic E-state index is 5.54. The monoisotopic (exact) mass is 180 g/mol. The topological polar surface area (TPSA) is 67.6 Å². The third-order valence-electron chi connectivity index (χ3n) is 2.81. The van der Waals surface area contributed by atoms with Crippen LogP contribution in [0, 0.1) is 0 Å². The van der Waals surface area contributed by atoms with Gasteiger partial charge in [-0.2, -0.15) is 5.10 Å². The Bertz CT molecular complexity index is 258. The predicted molar refractivity (Wildman–Crippen MR) is 50.4 cm³/mol. The number of nitrogens with zero attached hydrogens (tertiary/aromatic N) is 2. The van der Waals surface area contributed by atoms with Gasteiger partial charge in [-0.15, -0.1) is 0 Å². The Hall–Kier alpha value is -0.900. The van der Waals surface area contributed by atoms with E-state index in [9.17, 15) is 0 Å². The van der Waals surface area contributed by atoms with E-state index >= 15 is 0 Å². The van der Waals surface area contributed by atoms with Crippen LogP contribution in [0.25, 0.3) is 0 Å². The summed E-state index contributed by atoms with van der Waals surface area (Å²) >= 11 is 0. The first-order chi connectivity index (χ1) is 6.31. The van der Waals surface area contributed by atoms with Crippen molar-refractivity contribution in [1.29, 1.82) is 0 Å². The van der Waals surface area contributed by atoms with Crippen LogP contribution in [0.2, 0.25) is 0 Å². The SMILES string of the molecule is CC(CN)c1n[nH]c(C2CCC2)n1. The van der Waals surface area contributed by atoms with Crippen LogP contribution in [0.3, 0.4) is 0 Å². The highest BCUT2D eigenvalue weighted by Gasteiger charge is 2.23. The Kier molecular flexibility index (Phi) is 2.31. The van der Waals surface area contributed by atoms with E-state index in [1.54, 1.807) is 0 Å². The van der Waals surface area contributed by atoms with Crippen molar-refractivity contribution in [2.45, 2.75) is 38.0 Å². The molecule has 0 bridgehead atoms. The third kappa shape index (κ3) is 1.58. The van der Waals surface area contributed by atoms with E-state index in [-0.39, 0.29) is 5.92 Å². The lowest BCUT2D eigenvalue weighted by Crippen LogP contribution is -2.12. The fourth-order valence-electron chi connectivity index (χ4n) is 1.48. The molecule has 4 nitrogen and oxygen atoms in total. The van der Waals surface area contributed by atoms with Crippen LogP contribution in [-0.2, 0) is 0 Å². The van der Waals surface area contributed by atoms with Crippen LogP contribution < -0.4 is 5.73 Å². The van der Waals surface area contributed by atoms with Gasteiger partial charge in [0.2, 0.25) is 0 Å². The first-order valence-corrected chi connectivity index (χ1v) is 4.93. The Morgan fingerprint density at radius 1 is 1.62 bits per heavy atom. The predicted octanol–water partition coefficient (Wildman–Crippen LogP) is 1.13. The van der Waals surface area contributed by atoms with Gasteiger partial charge in [-0.25, -0.2) is 4.98 Å². The summed E-state index contributed by atoms with van der Waals surface area (Å²) < 4.78 is 0. The van der Waals surface area contributed by atoms with Gasteiger partial charge in [0.25, 0.3) is 0 Å². The van der Waals surface area contributed by atoms with Crippen LogP contribution in [0.5, 0.6) is 0 Å². The van der Waals surface area contributed by atoms with Crippen LogP contribution in [0.15, 0.2) is 0 Å². The zero-order valence-corrected chi connectivity index (χ0v) is 7.95. The molecule has 4 heteroatoms. The highest BCUT2D eigenvalue weighted by molar-refractivity contribution is 5.04. The molecule has 1 aliphatic rings. The molecule has 1 saturated carbocycles. The van der Waals surface area contributed by atoms with Crippen LogP contribution in [0.1, 0.15) is 49.7 Å². The van der Waals surface area contributed by atoms with Crippen molar-refractivity contribution < 1.29 is 0 Å². The number of nitrogens with one attached hydrogen (secondary N) is 1. The minimum absolute atomic E-state index is 0.269. The summed E-state index contributed by atoms with van der Waals surface area (Å²) in [5, 5.41) is 7.18. The number of hydrogen-bond donors (Lipinski definition) is 2. The number of hydrogen-bond acceptors (Lipinski definition) is 3. The normalized spacial score (nSPS) is 19.8. The van der Waals surface area contributed by atoms with Gasteiger partial charge in [0.05, 0.1) is 0 Å². The van der Waals surface area contributed by atoms with Gasteiger partial charge in [0.1, 0.15) is 5.82 Å². The van der Waals surface area contributed by atoms with Crippen molar-refractivity contribution in [2.75, 3.05) is 6.54 Å². The zero-order valence-electron chi connectivity index (χ0n) is 7.95. The van der Waals surface area contributed by atoms with Gasteiger partial charge in [-0.05, 0) is 12.8 Å². The molecule has 0 radical (unpaired) electrons. The standard InChI is InChI=1S/C9H16N4/c1-6(5-10)8-11-9(13-12-8)7-3-2-4-7/h6-7H,2-5,10H2,1H3,(H,11,12,13). The first-order valence-electron chi connectivity index (χ1n) is 4.93. The lowest BCUT2D eigenvalue weighted by atomic mass is 9.85. The van der Waals surface area contributed by atoms with E-state index in [1.165, 1.54) is 19.3 Å². The number of H-pyrrole nitrogens is 1. The van der Waals surface area contributed by atoms with Gasteiger partial charge < -0.3 is 5.73 Å². The molecular formula is C9H16N4. The molecular weight excluding hydrogens is 164 g/mol. The summed E-state index contributed by atoms with van der Waals surface area (Å²) in [6.45, 7) is 2.66. The number of aromatic amines is 1. The number of rotatable bonds is 3. The molecule has 2 rings (SSSR count). The molecule has 1 heterocycles. The zero-order chi connectivity index (χ0) is 9.26. The smallest absolute Gasteiger partial charge is 0.154 e. The summed E-state index contributed by atoms with van der Waals surface area (Å²) in [5.41, 5.74) is 5.54. The number of aromatic nitrogens is 3. The summed E-state index contributed by atoms with van der Waals surface area (Å²) in [6, 6.07) is 0. The van der Waals surface area contributed by atoms with E-state index in [0.29, 0.717) is 12.5 Å². The molecule has 3 N–H and O–H groups in total. The molecule has 0 aromatic carbocycles. The highest BCUT2D eigenvalue weighted by atomic mass is 15.2. The Morgan fingerprint density at radius 3 is 2.92 bits per heavy atom. The third-order valence-corrected chi connectivity index (χ3v) is 2.81. The van der Waals surface area contributed by atoms with E-state index in [1.807, 2.05) is 6.92 Å². The van der Waals surface area contributed by atoms with Gasteiger partial charge in [-0.3, -0.25) is 5.10 Å². The summed E-state index contributed by atoms with van der Waals surface area (Å²) in [4.78, 5) is 4.46. The second-order valence-corrected chi connectivity index (χ2v) is 3.84. The first kappa shape index (κ1) is 8.69. The fraction of sp³-hybridized carbons (Fsp3) is 0.778. The second kappa shape index (κ2) is 3.46. The van der Waals surface area contributed by atoms with Gasteiger partial charge >= 0.3 is 0 Å². The van der Waals surface area contributed by atoms with Crippen LogP contribution in [-0.4, -0.2) is 21.7 Å². The molecule has 13 heavy (non-hydrogen) atoms. The van der Waals surface area contributed by atoms with Crippen LogP contribution >= 0.6 is 0 Å². The van der Waals surface area contributed by atoms with Crippen molar-refractivity contribution in [3.8, 4) is 0 Å². The molecule has 72 valence electrons. The minimum Gasteiger partial charge on any atom is -0.330 e. The Morgan fingerprint density at radius 2 is 2.38 bits per heavy atom. The molecule has 1 aliphatic carbocycles. The molecule has 0 saturated heterocycles. The molecule has 1 fully saturated rings. The average molecular weight is 180 g/mol. The lowest BCUT2D eigenvalue weighted by Gasteiger charge is -2.22. The maximum absolute atomic E-state index is 5.54. The largest absolute Gasteiger partial charge is 0.330 e. The van der Waals surface area contributed by atoms with Gasteiger partial charge in [0.15, 0.2) is 5.82 Å². The van der Waals surface area contributed by atoms with E-state index < -0.39 is 0 Å². The van der Waals surface area contributed by atoms with Crippen molar-refractivity contribution in [3.05, 3.63) is 11.6 Å². The summed E-state index contributed by atoms with van der Waals surface area (Å²) in [5.74, 6) is 2.82. The van der Waals surface area contributed by atoms with E-state index in [2.05, 4.69) is 15.2 Å². The quantitative estimate of drug-likeness (QED) is 0.732. The molecule has 1 unspecified atom stereocenters. The summed E-state index contributed by atoms with van der Waals surface area (Å²) in [6.07, 6.45) is 3.84. The van der Waals surface area contributed by atoms with Crippen molar-refractivity contribution in [2.24, 2.45) is 5.73 Å². The molecule has 0 aliphatic heterocycles. The van der Waals surface area contributed by atoms with Gasteiger partial charge in [-0.1, -0.05) is 13.3 Å². The Balaban J connectivity index is 2.08. The second-order valence-electron chi connectivity index (χ2n) is 3.84. The van der Waals surface area contributed by atoms with Crippen LogP contribution in [0.4, 0.5) is 0 Å². The van der Waals surface area contributed by atoms with E-state index in [4.69, 9.17) is 5.73 Å². The Labute approximate surface area is 77.9 Å². The van der Waals surface area contributed by atoms with Crippen molar-refractivity contribution in [3.63, 3.8) is 0 Å². The average Bonchev–Trinajstić information content (AvgIpc) is 2.49. The molecule has 1 atom stereocenters. The molecule has 0 amide bonds. The van der Waals surface area contributed by atoms with Gasteiger partial charge in [0, 0.05) is 18.4 Å². The minimum atomic E-state index is 0.269. The number of nitrogens with two attached hydrogens (primary N) is 1. The van der Waals surface area contributed by atoms with Crippen molar-refractivity contribution >= 4 is 0 Å². The maximum Gasteiger partial charge on any atom is 0.154 e. The molecule has 0 spiro atoms. The summed E-state index contributed by atoms with van der Waals surface area (Å²) in [7, 11) is 0. The highest BCUT2D eigenvalue weighted by Crippen LogP contribution is 2.34.